The first-order valence-corrected chi connectivity index (χ1v) is 3.31. The largest absolute Gasteiger partial charge is 0.318 e. The third kappa shape index (κ3) is 2.78. The first-order valence-electron chi connectivity index (χ1n) is 3.31. The number of nitrogens with two attached hydrogens (primary N) is 1. The minimum atomic E-state index is -0.102. The maximum atomic E-state index is 5.43. The van der Waals surface area contributed by atoms with Crippen molar-refractivity contribution in [1.29, 1.82) is 0 Å². The molecular formula is C8H9N3. The van der Waals surface area contributed by atoms with Gasteiger partial charge in [0, 0.05) is 12.4 Å². The molecule has 1 unspecified atom stereocenters. The van der Waals surface area contributed by atoms with Gasteiger partial charge in [-0.1, -0.05) is 11.8 Å². The van der Waals surface area contributed by atoms with E-state index in [4.69, 9.17) is 5.73 Å². The second-order valence-electron chi connectivity index (χ2n) is 2.19. The molecule has 0 amide bonds. The minimum absolute atomic E-state index is 0.102. The Hall–Kier alpha value is -1.40. The van der Waals surface area contributed by atoms with E-state index in [-0.39, 0.29) is 6.04 Å². The first-order chi connectivity index (χ1) is 5.29. The summed E-state index contributed by atoms with van der Waals surface area (Å²) in [7, 11) is 0. The molecule has 56 valence electrons. The highest BCUT2D eigenvalue weighted by molar-refractivity contribution is 5.30. The molecule has 0 aromatic carbocycles. The lowest BCUT2D eigenvalue weighted by Gasteiger charge is -1.88. The first kappa shape index (κ1) is 7.70. The van der Waals surface area contributed by atoms with E-state index >= 15 is 0 Å². The summed E-state index contributed by atoms with van der Waals surface area (Å²) in [6.07, 6.45) is 4.78. The van der Waals surface area contributed by atoms with Gasteiger partial charge >= 0.3 is 0 Å². The van der Waals surface area contributed by atoms with E-state index in [1.54, 1.807) is 12.4 Å². The lowest BCUT2D eigenvalue weighted by atomic mass is 10.3. The zero-order valence-electron chi connectivity index (χ0n) is 6.28. The minimum Gasteiger partial charge on any atom is -0.318 e. The average Bonchev–Trinajstić information content (AvgIpc) is 2.03. The zero-order valence-corrected chi connectivity index (χ0v) is 6.28. The van der Waals surface area contributed by atoms with Crippen LogP contribution in [0.4, 0.5) is 0 Å². The third-order valence-electron chi connectivity index (χ3n) is 1.00. The van der Waals surface area contributed by atoms with Crippen LogP contribution in [0.25, 0.3) is 0 Å². The topological polar surface area (TPSA) is 51.8 Å². The normalized spacial score (nSPS) is 11.5. The number of hydrogen-bond donors (Lipinski definition) is 1. The van der Waals surface area contributed by atoms with Crippen molar-refractivity contribution in [1.82, 2.24) is 9.97 Å². The van der Waals surface area contributed by atoms with Gasteiger partial charge in [-0.2, -0.15) is 0 Å². The fraction of sp³-hybridized carbons (Fsp3) is 0.250. The molecule has 0 radical (unpaired) electrons. The standard InChI is InChI=1S/C8H9N3/c1-7(9)2-3-8-4-10-6-11-5-8/h4-7H,9H2,1H3. The van der Waals surface area contributed by atoms with E-state index in [9.17, 15) is 0 Å². The number of rotatable bonds is 0. The molecule has 1 aromatic heterocycles. The van der Waals surface area contributed by atoms with Gasteiger partial charge in [0.25, 0.3) is 0 Å². The quantitative estimate of drug-likeness (QED) is 0.532. The summed E-state index contributed by atoms with van der Waals surface area (Å²) in [4.78, 5) is 7.62. The van der Waals surface area contributed by atoms with E-state index in [1.165, 1.54) is 6.33 Å². The molecule has 3 nitrogen and oxygen atoms in total. The summed E-state index contributed by atoms with van der Waals surface area (Å²) < 4.78 is 0. The van der Waals surface area contributed by atoms with Gasteiger partial charge in [-0.25, -0.2) is 9.97 Å². The Labute approximate surface area is 65.7 Å². The van der Waals surface area contributed by atoms with E-state index in [0.29, 0.717) is 0 Å². The smallest absolute Gasteiger partial charge is 0.115 e. The van der Waals surface area contributed by atoms with Crippen molar-refractivity contribution >= 4 is 0 Å². The van der Waals surface area contributed by atoms with Crippen molar-refractivity contribution in [3.63, 3.8) is 0 Å². The maximum absolute atomic E-state index is 5.43. The number of aromatic nitrogens is 2. The van der Waals surface area contributed by atoms with Crippen LogP contribution in [-0.4, -0.2) is 16.0 Å². The Bertz CT molecular complexity index is 268. The Balaban J connectivity index is 2.75. The van der Waals surface area contributed by atoms with Gasteiger partial charge in [-0.3, -0.25) is 0 Å². The number of hydrogen-bond acceptors (Lipinski definition) is 3. The van der Waals surface area contributed by atoms with Crippen molar-refractivity contribution in [2.75, 3.05) is 0 Å². The molecule has 2 N–H and O–H groups in total. The molecule has 1 heterocycles. The molecule has 0 aliphatic carbocycles. The second kappa shape index (κ2) is 3.69. The van der Waals surface area contributed by atoms with E-state index in [2.05, 4.69) is 21.8 Å². The molecule has 0 bridgehead atoms. The summed E-state index contributed by atoms with van der Waals surface area (Å²) in [5.74, 6) is 5.65. The van der Waals surface area contributed by atoms with Crippen molar-refractivity contribution in [2.45, 2.75) is 13.0 Å². The Morgan fingerprint density at radius 3 is 2.64 bits per heavy atom. The van der Waals surface area contributed by atoms with E-state index in [1.807, 2.05) is 6.92 Å². The molecule has 1 rings (SSSR count). The van der Waals surface area contributed by atoms with Crippen LogP contribution >= 0.6 is 0 Å². The predicted octanol–water partition coefficient (Wildman–Crippen LogP) is 0.175. The molecule has 0 aliphatic heterocycles. The molecule has 0 spiro atoms. The summed E-state index contributed by atoms with van der Waals surface area (Å²) in [5.41, 5.74) is 6.22. The van der Waals surface area contributed by atoms with Gasteiger partial charge < -0.3 is 5.73 Å². The van der Waals surface area contributed by atoms with E-state index < -0.39 is 0 Å². The maximum Gasteiger partial charge on any atom is 0.115 e. The Morgan fingerprint density at radius 1 is 1.45 bits per heavy atom. The summed E-state index contributed by atoms with van der Waals surface area (Å²) in [5, 5.41) is 0. The fourth-order valence-corrected chi connectivity index (χ4v) is 0.561. The molecule has 0 saturated carbocycles. The highest BCUT2D eigenvalue weighted by atomic mass is 14.8. The van der Waals surface area contributed by atoms with Gasteiger partial charge in [0.15, 0.2) is 0 Å². The lowest BCUT2D eigenvalue weighted by Crippen LogP contribution is -2.10. The lowest BCUT2D eigenvalue weighted by molar-refractivity contribution is 0.959. The Kier molecular flexibility index (Phi) is 2.59. The van der Waals surface area contributed by atoms with E-state index in [0.717, 1.165) is 5.56 Å². The Morgan fingerprint density at radius 2 is 2.09 bits per heavy atom. The number of nitrogens with zero attached hydrogens (tertiary/aromatic N) is 2. The molecule has 3 heteroatoms. The molecule has 0 aliphatic rings. The van der Waals surface area contributed by atoms with Crippen molar-refractivity contribution < 1.29 is 0 Å². The highest BCUT2D eigenvalue weighted by Gasteiger charge is 1.84. The van der Waals surface area contributed by atoms with Crippen molar-refractivity contribution in [2.24, 2.45) is 5.73 Å². The second-order valence-corrected chi connectivity index (χ2v) is 2.19. The molecule has 1 atom stereocenters. The molecule has 0 saturated heterocycles. The predicted molar refractivity (Wildman–Crippen MR) is 42.6 cm³/mol. The molecule has 11 heavy (non-hydrogen) atoms. The van der Waals surface area contributed by atoms with Crippen LogP contribution in [-0.2, 0) is 0 Å². The summed E-state index contributed by atoms with van der Waals surface area (Å²) >= 11 is 0. The highest BCUT2D eigenvalue weighted by Crippen LogP contribution is 1.87. The summed E-state index contributed by atoms with van der Waals surface area (Å²) in [6, 6.07) is -0.102. The van der Waals surface area contributed by atoms with Crippen LogP contribution in [0.5, 0.6) is 0 Å². The van der Waals surface area contributed by atoms with Gasteiger partial charge in [-0.15, -0.1) is 0 Å². The average molecular weight is 147 g/mol. The molecule has 0 fully saturated rings. The van der Waals surface area contributed by atoms with Crippen LogP contribution in [0.3, 0.4) is 0 Å². The van der Waals surface area contributed by atoms with Crippen molar-refractivity contribution in [3.8, 4) is 11.8 Å². The van der Waals surface area contributed by atoms with Gasteiger partial charge in [0.05, 0.1) is 11.6 Å². The van der Waals surface area contributed by atoms with Crippen molar-refractivity contribution in [3.05, 3.63) is 24.3 Å². The SMILES string of the molecule is CC(N)C#Cc1cncnc1. The summed E-state index contributed by atoms with van der Waals surface area (Å²) in [6.45, 7) is 1.83. The van der Waals surface area contributed by atoms with Crippen LogP contribution in [0, 0.1) is 11.8 Å². The van der Waals surface area contributed by atoms with Crippen LogP contribution in [0.1, 0.15) is 12.5 Å². The van der Waals surface area contributed by atoms with Crippen LogP contribution in [0.15, 0.2) is 18.7 Å². The van der Waals surface area contributed by atoms with Gasteiger partial charge in [0.1, 0.15) is 6.33 Å². The fourth-order valence-electron chi connectivity index (χ4n) is 0.561. The molecular weight excluding hydrogens is 138 g/mol. The van der Waals surface area contributed by atoms with Gasteiger partial charge in [0.2, 0.25) is 0 Å². The monoisotopic (exact) mass is 147 g/mol. The zero-order chi connectivity index (χ0) is 8.10. The molecule has 1 aromatic rings. The van der Waals surface area contributed by atoms with Crippen LogP contribution in [0.2, 0.25) is 0 Å². The van der Waals surface area contributed by atoms with Gasteiger partial charge in [-0.05, 0) is 6.92 Å². The van der Waals surface area contributed by atoms with Crippen LogP contribution < -0.4 is 5.73 Å². The third-order valence-corrected chi connectivity index (χ3v) is 1.00.